The van der Waals surface area contributed by atoms with Gasteiger partial charge in [0.05, 0.1) is 23.7 Å². The summed E-state index contributed by atoms with van der Waals surface area (Å²) in [4.78, 5) is 17.8. The van der Waals surface area contributed by atoms with Gasteiger partial charge in [0.25, 0.3) is 5.56 Å². The first-order chi connectivity index (χ1) is 12.1. The molecule has 0 N–H and O–H groups in total. The molecule has 0 aliphatic heterocycles. The summed E-state index contributed by atoms with van der Waals surface area (Å²) in [6.45, 7) is 4.12. The van der Waals surface area contributed by atoms with Crippen LogP contribution in [0.3, 0.4) is 0 Å². The van der Waals surface area contributed by atoms with Gasteiger partial charge in [-0.05, 0) is 38.1 Å². The first-order valence-corrected chi connectivity index (χ1v) is 9.01. The van der Waals surface area contributed by atoms with Crippen LogP contribution in [0.5, 0.6) is 5.75 Å². The first kappa shape index (κ1) is 17.3. The molecule has 3 rings (SSSR count). The average molecular weight is 352 g/mol. The van der Waals surface area contributed by atoms with E-state index in [1.165, 1.54) is 5.57 Å². The minimum Gasteiger partial charge on any atom is -0.497 e. The summed E-state index contributed by atoms with van der Waals surface area (Å²) in [6, 6.07) is 14.9. The van der Waals surface area contributed by atoms with Crippen LogP contribution >= 0.6 is 11.8 Å². The fourth-order valence-electron chi connectivity index (χ4n) is 2.47. The summed E-state index contributed by atoms with van der Waals surface area (Å²) in [5.74, 6) is 1.47. The Bertz CT molecular complexity index is 988. The van der Waals surface area contributed by atoms with Gasteiger partial charge in [-0.1, -0.05) is 41.6 Å². The largest absolute Gasteiger partial charge is 0.497 e. The summed E-state index contributed by atoms with van der Waals surface area (Å²) in [7, 11) is 1.62. The fraction of sp³-hybridized carbons (Fsp3) is 0.200. The molecule has 0 aliphatic carbocycles. The lowest BCUT2D eigenvalue weighted by Crippen LogP contribution is -2.21. The second-order valence-corrected chi connectivity index (χ2v) is 6.83. The number of methoxy groups -OCH3 is 1. The molecule has 0 amide bonds. The zero-order chi connectivity index (χ0) is 17.8. The van der Waals surface area contributed by atoms with Gasteiger partial charge < -0.3 is 4.74 Å². The maximum atomic E-state index is 13.1. The Morgan fingerprint density at radius 1 is 1.20 bits per heavy atom. The molecule has 0 unspecified atom stereocenters. The zero-order valence-corrected chi connectivity index (χ0v) is 15.3. The number of para-hydroxylation sites is 1. The Morgan fingerprint density at radius 2 is 2.00 bits per heavy atom. The molecule has 1 aromatic heterocycles. The zero-order valence-electron chi connectivity index (χ0n) is 14.5. The van der Waals surface area contributed by atoms with Gasteiger partial charge in [-0.3, -0.25) is 9.36 Å². The van der Waals surface area contributed by atoms with Crippen LogP contribution in [0.15, 0.2) is 70.1 Å². The van der Waals surface area contributed by atoms with Crippen LogP contribution in [0.1, 0.15) is 13.8 Å². The fourth-order valence-corrected chi connectivity index (χ4v) is 3.52. The predicted octanol–water partition coefficient (Wildman–Crippen LogP) is 4.45. The molecule has 0 saturated carbocycles. The maximum Gasteiger partial charge on any atom is 0.266 e. The predicted molar refractivity (Wildman–Crippen MR) is 104 cm³/mol. The molecule has 4 nitrogen and oxygen atoms in total. The van der Waals surface area contributed by atoms with Gasteiger partial charge in [-0.15, -0.1) is 0 Å². The van der Waals surface area contributed by atoms with Crippen molar-refractivity contribution in [1.29, 1.82) is 0 Å². The number of ether oxygens (including phenoxy) is 1. The summed E-state index contributed by atoms with van der Waals surface area (Å²) >= 11 is 1.55. The lowest BCUT2D eigenvalue weighted by Gasteiger charge is -2.13. The lowest BCUT2D eigenvalue weighted by molar-refractivity contribution is 0.414. The number of hydrogen-bond donors (Lipinski definition) is 0. The van der Waals surface area contributed by atoms with Crippen LogP contribution in [0, 0.1) is 0 Å². The molecule has 0 radical (unpaired) electrons. The molecule has 0 atom stereocenters. The Labute approximate surface area is 151 Å². The van der Waals surface area contributed by atoms with Crippen molar-refractivity contribution >= 4 is 22.7 Å². The van der Waals surface area contributed by atoms with Crippen LogP contribution in [-0.2, 0) is 0 Å². The van der Waals surface area contributed by atoms with Crippen molar-refractivity contribution in [2.24, 2.45) is 0 Å². The minimum absolute atomic E-state index is 0.0708. The Balaban J connectivity index is 2.20. The number of fused-ring (bicyclic) bond motifs is 1. The van der Waals surface area contributed by atoms with E-state index in [9.17, 15) is 4.79 Å². The molecule has 0 saturated heterocycles. The number of allylic oxidation sites excluding steroid dienone is 1. The molecule has 0 aliphatic rings. The second-order valence-electron chi connectivity index (χ2n) is 5.85. The van der Waals surface area contributed by atoms with Crippen molar-refractivity contribution in [3.05, 3.63) is 70.5 Å². The molecule has 0 bridgehead atoms. The van der Waals surface area contributed by atoms with E-state index >= 15 is 0 Å². The van der Waals surface area contributed by atoms with E-state index in [-0.39, 0.29) is 5.56 Å². The second kappa shape index (κ2) is 7.57. The molecule has 2 aromatic carbocycles. The Kier molecular flexibility index (Phi) is 5.24. The van der Waals surface area contributed by atoms with Gasteiger partial charge >= 0.3 is 0 Å². The van der Waals surface area contributed by atoms with E-state index in [1.807, 2.05) is 48.5 Å². The van der Waals surface area contributed by atoms with Crippen LogP contribution in [-0.4, -0.2) is 22.4 Å². The molecule has 25 heavy (non-hydrogen) atoms. The van der Waals surface area contributed by atoms with Crippen molar-refractivity contribution in [3.8, 4) is 11.4 Å². The van der Waals surface area contributed by atoms with Crippen LogP contribution in [0.25, 0.3) is 16.6 Å². The average Bonchev–Trinajstić information content (AvgIpc) is 2.62. The van der Waals surface area contributed by atoms with Gasteiger partial charge in [0, 0.05) is 11.8 Å². The van der Waals surface area contributed by atoms with Crippen molar-refractivity contribution in [1.82, 2.24) is 9.55 Å². The number of thioether (sulfide) groups is 1. The van der Waals surface area contributed by atoms with Crippen LogP contribution in [0.2, 0.25) is 0 Å². The van der Waals surface area contributed by atoms with Crippen LogP contribution in [0.4, 0.5) is 0 Å². The highest BCUT2D eigenvalue weighted by atomic mass is 32.2. The van der Waals surface area contributed by atoms with Crippen LogP contribution < -0.4 is 10.3 Å². The summed E-state index contributed by atoms with van der Waals surface area (Å²) < 4.78 is 6.97. The lowest BCUT2D eigenvalue weighted by atomic mass is 10.2. The van der Waals surface area contributed by atoms with E-state index in [4.69, 9.17) is 9.72 Å². The van der Waals surface area contributed by atoms with Gasteiger partial charge in [0.2, 0.25) is 0 Å². The number of aromatic nitrogens is 2. The molecule has 3 aromatic rings. The maximum absolute atomic E-state index is 13.1. The summed E-state index contributed by atoms with van der Waals surface area (Å²) in [5.41, 5.74) is 2.63. The number of hydrogen-bond acceptors (Lipinski definition) is 4. The highest BCUT2D eigenvalue weighted by Gasteiger charge is 2.13. The Hall–Kier alpha value is -2.53. The Morgan fingerprint density at radius 3 is 2.76 bits per heavy atom. The third-order valence-electron chi connectivity index (χ3n) is 3.76. The summed E-state index contributed by atoms with van der Waals surface area (Å²) in [6.07, 6.45) is 2.13. The van der Waals surface area contributed by atoms with E-state index in [0.29, 0.717) is 21.8 Å². The molecule has 0 spiro atoms. The van der Waals surface area contributed by atoms with Crippen molar-refractivity contribution in [3.63, 3.8) is 0 Å². The van der Waals surface area contributed by atoms with Crippen molar-refractivity contribution < 1.29 is 4.74 Å². The number of nitrogens with zero attached hydrogens (tertiary/aromatic N) is 2. The third-order valence-corrected chi connectivity index (χ3v) is 4.63. The molecule has 128 valence electrons. The van der Waals surface area contributed by atoms with E-state index in [1.54, 1.807) is 23.4 Å². The van der Waals surface area contributed by atoms with E-state index in [2.05, 4.69) is 19.9 Å². The number of benzene rings is 2. The normalized spacial score (nSPS) is 10.7. The molecule has 0 fully saturated rings. The third kappa shape index (κ3) is 3.77. The molecule has 5 heteroatoms. The number of rotatable bonds is 5. The first-order valence-electron chi connectivity index (χ1n) is 8.02. The highest BCUT2D eigenvalue weighted by Crippen LogP contribution is 2.23. The SMILES string of the molecule is COc1cccc(-n2c(SCC=C(C)C)nc3ccccc3c2=O)c1. The standard InChI is InChI=1S/C20H20N2O2S/c1-14(2)11-12-25-20-21-18-10-5-4-9-17(18)19(23)22(20)15-7-6-8-16(13-15)24-3/h4-11,13H,12H2,1-3H3. The monoisotopic (exact) mass is 352 g/mol. The van der Waals surface area contributed by atoms with E-state index < -0.39 is 0 Å². The van der Waals surface area contributed by atoms with Gasteiger partial charge in [0.15, 0.2) is 5.16 Å². The highest BCUT2D eigenvalue weighted by molar-refractivity contribution is 7.99. The topological polar surface area (TPSA) is 44.1 Å². The van der Waals surface area contributed by atoms with Gasteiger partial charge in [-0.2, -0.15) is 0 Å². The van der Waals surface area contributed by atoms with E-state index in [0.717, 1.165) is 11.4 Å². The van der Waals surface area contributed by atoms with Gasteiger partial charge in [-0.25, -0.2) is 4.98 Å². The minimum atomic E-state index is -0.0708. The molecular weight excluding hydrogens is 332 g/mol. The summed E-state index contributed by atoms with van der Waals surface area (Å²) in [5, 5.41) is 1.28. The van der Waals surface area contributed by atoms with Crippen molar-refractivity contribution in [2.75, 3.05) is 12.9 Å². The quantitative estimate of drug-likeness (QED) is 0.386. The molecular formula is C20H20N2O2S. The van der Waals surface area contributed by atoms with Crippen molar-refractivity contribution in [2.45, 2.75) is 19.0 Å². The smallest absolute Gasteiger partial charge is 0.266 e. The molecule has 1 heterocycles. The van der Waals surface area contributed by atoms with Gasteiger partial charge in [0.1, 0.15) is 5.75 Å².